The molecule has 1 aliphatic carbocycles. The molecule has 0 spiro atoms. The van der Waals surface area contributed by atoms with E-state index in [2.05, 4.69) is 6.92 Å². The lowest BCUT2D eigenvalue weighted by atomic mass is 9.69. The SMILES string of the molecule is CCCC(C)OC(=O)C1C(C)CC2(C)CC1C(=O)O2. The zero-order valence-electron chi connectivity index (χ0n) is 12.3. The van der Waals surface area contributed by atoms with Gasteiger partial charge < -0.3 is 9.47 Å². The number of hydrogen-bond acceptors (Lipinski definition) is 4. The van der Waals surface area contributed by atoms with Gasteiger partial charge in [-0.3, -0.25) is 9.59 Å². The fraction of sp³-hybridized carbons (Fsp3) is 0.867. The zero-order chi connectivity index (χ0) is 14.2. The van der Waals surface area contributed by atoms with Gasteiger partial charge in [0.1, 0.15) is 5.60 Å². The maximum atomic E-state index is 12.3. The molecule has 0 aromatic carbocycles. The first-order valence-electron chi connectivity index (χ1n) is 7.29. The molecule has 108 valence electrons. The first kappa shape index (κ1) is 14.4. The number of esters is 2. The monoisotopic (exact) mass is 268 g/mol. The van der Waals surface area contributed by atoms with Gasteiger partial charge in [-0.05, 0) is 32.6 Å². The Balaban J connectivity index is 2.07. The molecular weight excluding hydrogens is 244 g/mol. The minimum absolute atomic E-state index is 0.0737. The summed E-state index contributed by atoms with van der Waals surface area (Å²) in [5.74, 6) is -0.953. The predicted molar refractivity (Wildman–Crippen MR) is 70.3 cm³/mol. The molecule has 1 saturated heterocycles. The molecule has 1 heterocycles. The lowest BCUT2D eigenvalue weighted by Crippen LogP contribution is -2.41. The molecule has 0 aromatic rings. The third kappa shape index (κ3) is 2.77. The highest BCUT2D eigenvalue weighted by atomic mass is 16.6. The summed E-state index contributed by atoms with van der Waals surface area (Å²) < 4.78 is 10.9. The maximum Gasteiger partial charge on any atom is 0.310 e. The van der Waals surface area contributed by atoms with E-state index >= 15 is 0 Å². The molecule has 0 N–H and O–H groups in total. The molecule has 5 atom stereocenters. The first-order chi connectivity index (χ1) is 8.86. The van der Waals surface area contributed by atoms with Crippen molar-refractivity contribution in [3.63, 3.8) is 0 Å². The molecule has 2 rings (SSSR count). The molecule has 4 nitrogen and oxygen atoms in total. The van der Waals surface area contributed by atoms with E-state index in [1.165, 1.54) is 0 Å². The van der Waals surface area contributed by atoms with Gasteiger partial charge in [0.05, 0.1) is 17.9 Å². The average Bonchev–Trinajstić information content (AvgIpc) is 2.49. The molecule has 5 unspecified atom stereocenters. The van der Waals surface area contributed by atoms with Crippen molar-refractivity contribution in [1.82, 2.24) is 0 Å². The van der Waals surface area contributed by atoms with Crippen molar-refractivity contribution in [3.8, 4) is 0 Å². The lowest BCUT2D eigenvalue weighted by Gasteiger charge is -2.35. The second-order valence-electron chi connectivity index (χ2n) is 6.42. The number of fused-ring (bicyclic) bond motifs is 2. The smallest absolute Gasteiger partial charge is 0.310 e. The third-order valence-electron chi connectivity index (χ3n) is 4.39. The Morgan fingerprint density at radius 2 is 2.21 bits per heavy atom. The van der Waals surface area contributed by atoms with Gasteiger partial charge in [0, 0.05) is 6.42 Å². The van der Waals surface area contributed by atoms with Crippen LogP contribution in [0, 0.1) is 17.8 Å². The van der Waals surface area contributed by atoms with Crippen LogP contribution in [0.2, 0.25) is 0 Å². The highest BCUT2D eigenvalue weighted by molar-refractivity contribution is 5.84. The fourth-order valence-corrected chi connectivity index (χ4v) is 3.65. The van der Waals surface area contributed by atoms with Crippen LogP contribution >= 0.6 is 0 Å². The van der Waals surface area contributed by atoms with Crippen molar-refractivity contribution >= 4 is 11.9 Å². The predicted octanol–water partition coefficient (Wildman–Crippen LogP) is 2.70. The molecule has 2 aliphatic rings. The van der Waals surface area contributed by atoms with Crippen molar-refractivity contribution in [3.05, 3.63) is 0 Å². The van der Waals surface area contributed by atoms with E-state index in [1.54, 1.807) is 0 Å². The fourth-order valence-electron chi connectivity index (χ4n) is 3.65. The first-order valence-corrected chi connectivity index (χ1v) is 7.29. The molecule has 4 heteroatoms. The van der Waals surface area contributed by atoms with Crippen LogP contribution in [0.4, 0.5) is 0 Å². The molecular formula is C15H24O4. The number of rotatable bonds is 4. The summed E-state index contributed by atoms with van der Waals surface area (Å²) in [6.07, 6.45) is 3.17. The number of ether oxygens (including phenoxy) is 2. The van der Waals surface area contributed by atoms with Crippen molar-refractivity contribution < 1.29 is 19.1 Å². The Morgan fingerprint density at radius 1 is 1.53 bits per heavy atom. The van der Waals surface area contributed by atoms with Crippen LogP contribution in [0.25, 0.3) is 0 Å². The van der Waals surface area contributed by atoms with Crippen molar-refractivity contribution in [2.45, 2.75) is 65.1 Å². The van der Waals surface area contributed by atoms with E-state index in [1.807, 2.05) is 20.8 Å². The van der Waals surface area contributed by atoms with Crippen LogP contribution in [-0.2, 0) is 19.1 Å². The molecule has 19 heavy (non-hydrogen) atoms. The van der Waals surface area contributed by atoms with E-state index in [0.29, 0.717) is 6.42 Å². The standard InChI is InChI=1S/C15H24O4/c1-5-6-10(3)18-14(17)12-9(2)7-15(4)8-11(12)13(16)19-15/h9-12H,5-8H2,1-4H3. The Bertz CT molecular complexity index is 378. The van der Waals surface area contributed by atoms with Crippen molar-refractivity contribution in [2.24, 2.45) is 17.8 Å². The second kappa shape index (κ2) is 5.14. The summed E-state index contributed by atoms with van der Waals surface area (Å²) >= 11 is 0. The molecule has 2 bridgehead atoms. The minimum atomic E-state index is -0.368. The van der Waals surface area contributed by atoms with Gasteiger partial charge in [-0.2, -0.15) is 0 Å². The van der Waals surface area contributed by atoms with E-state index < -0.39 is 0 Å². The Kier molecular flexibility index (Phi) is 3.88. The Morgan fingerprint density at radius 3 is 2.84 bits per heavy atom. The van der Waals surface area contributed by atoms with Gasteiger partial charge in [-0.25, -0.2) is 0 Å². The molecule has 0 aromatic heterocycles. The van der Waals surface area contributed by atoms with Gasteiger partial charge >= 0.3 is 11.9 Å². The Hall–Kier alpha value is -1.06. The lowest BCUT2D eigenvalue weighted by molar-refractivity contribution is -0.161. The van der Waals surface area contributed by atoms with Crippen LogP contribution in [0.3, 0.4) is 0 Å². The molecule has 0 radical (unpaired) electrons. The van der Waals surface area contributed by atoms with Gasteiger partial charge in [0.25, 0.3) is 0 Å². The average molecular weight is 268 g/mol. The maximum absolute atomic E-state index is 12.3. The molecule has 2 fully saturated rings. The third-order valence-corrected chi connectivity index (χ3v) is 4.39. The highest BCUT2D eigenvalue weighted by Gasteiger charge is 2.56. The van der Waals surface area contributed by atoms with Gasteiger partial charge in [-0.15, -0.1) is 0 Å². The molecule has 1 aliphatic heterocycles. The minimum Gasteiger partial charge on any atom is -0.462 e. The number of carbonyl (C=O) groups is 2. The molecule has 0 amide bonds. The van der Waals surface area contributed by atoms with Gasteiger partial charge in [0.15, 0.2) is 0 Å². The summed E-state index contributed by atoms with van der Waals surface area (Å²) in [5, 5.41) is 0. The topological polar surface area (TPSA) is 52.6 Å². The highest BCUT2D eigenvalue weighted by Crippen LogP contribution is 2.48. The van der Waals surface area contributed by atoms with Gasteiger partial charge in [-0.1, -0.05) is 20.3 Å². The van der Waals surface area contributed by atoms with Gasteiger partial charge in [0.2, 0.25) is 0 Å². The van der Waals surface area contributed by atoms with Crippen molar-refractivity contribution in [2.75, 3.05) is 0 Å². The normalized spacial score (nSPS) is 38.7. The van der Waals surface area contributed by atoms with E-state index in [0.717, 1.165) is 19.3 Å². The van der Waals surface area contributed by atoms with E-state index in [-0.39, 0.29) is 41.4 Å². The van der Waals surface area contributed by atoms with Crippen LogP contribution < -0.4 is 0 Å². The van der Waals surface area contributed by atoms with Crippen LogP contribution in [0.5, 0.6) is 0 Å². The summed E-state index contributed by atoms with van der Waals surface area (Å²) in [5.41, 5.74) is -0.368. The number of hydrogen-bond donors (Lipinski definition) is 0. The summed E-state index contributed by atoms with van der Waals surface area (Å²) in [7, 11) is 0. The molecule has 1 saturated carbocycles. The largest absolute Gasteiger partial charge is 0.462 e. The number of carbonyl (C=O) groups excluding carboxylic acids is 2. The zero-order valence-corrected chi connectivity index (χ0v) is 12.3. The van der Waals surface area contributed by atoms with E-state index in [4.69, 9.17) is 9.47 Å². The van der Waals surface area contributed by atoms with Crippen LogP contribution in [0.15, 0.2) is 0 Å². The van der Waals surface area contributed by atoms with Crippen LogP contribution in [-0.4, -0.2) is 23.6 Å². The summed E-state index contributed by atoms with van der Waals surface area (Å²) in [6.45, 7) is 7.95. The van der Waals surface area contributed by atoms with E-state index in [9.17, 15) is 9.59 Å². The quantitative estimate of drug-likeness (QED) is 0.736. The summed E-state index contributed by atoms with van der Waals surface area (Å²) in [6, 6.07) is 0. The second-order valence-corrected chi connectivity index (χ2v) is 6.42. The summed E-state index contributed by atoms with van der Waals surface area (Å²) in [4.78, 5) is 24.2. The van der Waals surface area contributed by atoms with Crippen molar-refractivity contribution in [1.29, 1.82) is 0 Å². The Labute approximate surface area is 114 Å². The van der Waals surface area contributed by atoms with Crippen LogP contribution in [0.1, 0.15) is 53.4 Å².